The molecule has 2 aromatic rings. The van der Waals surface area contributed by atoms with Crippen molar-refractivity contribution in [3.05, 3.63) is 59.1 Å². The predicted molar refractivity (Wildman–Crippen MR) is 117 cm³/mol. The molecule has 3 rings (SSSR count). The molecule has 0 saturated heterocycles. The van der Waals surface area contributed by atoms with E-state index in [4.69, 9.17) is 16.6 Å². The molecule has 0 radical (unpaired) electrons. The van der Waals surface area contributed by atoms with Gasteiger partial charge in [0.15, 0.2) is 0 Å². The van der Waals surface area contributed by atoms with Crippen LogP contribution in [0.4, 0.5) is 11.4 Å². The molecule has 144 valence electrons. The van der Waals surface area contributed by atoms with E-state index in [1.165, 1.54) is 12.8 Å². The van der Waals surface area contributed by atoms with Crippen molar-refractivity contribution in [3.63, 3.8) is 0 Å². The molecule has 5 heteroatoms. The number of anilines is 2. The Kier molecular flexibility index (Phi) is 6.40. The first-order valence-corrected chi connectivity index (χ1v) is 10.00. The number of aliphatic imine (C=N–C) groups is 1. The van der Waals surface area contributed by atoms with Crippen LogP contribution in [0.1, 0.15) is 32.3 Å². The fourth-order valence-electron chi connectivity index (χ4n) is 3.50. The van der Waals surface area contributed by atoms with Gasteiger partial charge < -0.3 is 15.5 Å². The normalized spacial score (nSPS) is 20.3. The summed E-state index contributed by atoms with van der Waals surface area (Å²) < 4.78 is 0. The van der Waals surface area contributed by atoms with Gasteiger partial charge in [-0.1, -0.05) is 49.2 Å². The number of amidine groups is 1. The summed E-state index contributed by atoms with van der Waals surface area (Å²) in [6.45, 7) is 7.00. The zero-order chi connectivity index (χ0) is 19.3. The van der Waals surface area contributed by atoms with Gasteiger partial charge in [0.2, 0.25) is 0 Å². The van der Waals surface area contributed by atoms with Crippen LogP contribution in [-0.2, 0) is 6.54 Å². The molecule has 1 atom stereocenters. The highest BCUT2D eigenvalue weighted by Crippen LogP contribution is 2.31. The first-order chi connectivity index (χ1) is 13.0. The fourth-order valence-corrected chi connectivity index (χ4v) is 3.72. The fraction of sp³-hybridized carbons (Fsp3) is 0.409. The van der Waals surface area contributed by atoms with Crippen LogP contribution >= 0.6 is 11.6 Å². The molecule has 1 heterocycles. The highest BCUT2D eigenvalue weighted by Gasteiger charge is 2.36. The molecule has 0 saturated carbocycles. The molecule has 27 heavy (non-hydrogen) atoms. The van der Waals surface area contributed by atoms with E-state index < -0.39 is 0 Å². The van der Waals surface area contributed by atoms with Crippen LogP contribution < -0.4 is 10.6 Å². The number of benzene rings is 2. The minimum absolute atomic E-state index is 0.282. The Morgan fingerprint density at radius 3 is 2.63 bits per heavy atom. The van der Waals surface area contributed by atoms with Crippen molar-refractivity contribution in [1.82, 2.24) is 4.90 Å². The van der Waals surface area contributed by atoms with E-state index in [0.717, 1.165) is 40.9 Å². The summed E-state index contributed by atoms with van der Waals surface area (Å²) in [4.78, 5) is 7.31. The van der Waals surface area contributed by atoms with Crippen molar-refractivity contribution < 1.29 is 0 Å². The van der Waals surface area contributed by atoms with E-state index in [2.05, 4.69) is 60.7 Å². The molecule has 2 aromatic carbocycles. The van der Waals surface area contributed by atoms with Crippen molar-refractivity contribution in [2.24, 2.45) is 4.99 Å². The smallest absolute Gasteiger partial charge is 0.128 e. The van der Waals surface area contributed by atoms with Gasteiger partial charge in [-0.05, 0) is 56.8 Å². The molecule has 0 spiro atoms. The largest absolute Gasteiger partial charge is 0.370 e. The Hall–Kier alpha value is -2.04. The number of para-hydroxylation sites is 2. The number of fused-ring (bicyclic) bond motifs is 1. The Morgan fingerprint density at radius 2 is 1.89 bits per heavy atom. The molecule has 1 unspecified atom stereocenters. The summed E-state index contributed by atoms with van der Waals surface area (Å²) >= 11 is 6.12. The number of rotatable bonds is 7. The summed E-state index contributed by atoms with van der Waals surface area (Å²) in [5, 5.41) is 8.02. The van der Waals surface area contributed by atoms with Gasteiger partial charge >= 0.3 is 0 Å². The maximum atomic E-state index is 6.12. The minimum Gasteiger partial charge on any atom is -0.370 e. The van der Waals surface area contributed by atoms with E-state index in [1.54, 1.807) is 0 Å². The van der Waals surface area contributed by atoms with Crippen LogP contribution in [0.5, 0.6) is 0 Å². The molecule has 0 bridgehead atoms. The lowest BCUT2D eigenvalue weighted by molar-refractivity contribution is 0.299. The molecule has 1 aliphatic rings. The van der Waals surface area contributed by atoms with Crippen molar-refractivity contribution in [3.8, 4) is 0 Å². The summed E-state index contributed by atoms with van der Waals surface area (Å²) in [5.41, 5.74) is 3.01. The summed E-state index contributed by atoms with van der Waals surface area (Å²) in [5.74, 6) is 0.963. The second kappa shape index (κ2) is 8.77. The van der Waals surface area contributed by atoms with Crippen LogP contribution in [0.3, 0.4) is 0 Å². The first-order valence-electron chi connectivity index (χ1n) is 9.62. The van der Waals surface area contributed by atoms with Crippen LogP contribution in [0.25, 0.3) is 0 Å². The molecule has 4 nitrogen and oxygen atoms in total. The highest BCUT2D eigenvalue weighted by atomic mass is 35.5. The summed E-state index contributed by atoms with van der Waals surface area (Å²) in [6, 6.07) is 16.2. The van der Waals surface area contributed by atoms with Gasteiger partial charge in [0.25, 0.3) is 0 Å². The van der Waals surface area contributed by atoms with E-state index >= 15 is 0 Å². The van der Waals surface area contributed by atoms with E-state index in [-0.39, 0.29) is 5.54 Å². The molecule has 0 aliphatic carbocycles. The number of likely N-dealkylation sites (N-methyl/N-ethyl adjacent to an activating group) is 1. The number of hydrogen-bond acceptors (Lipinski definition) is 3. The third kappa shape index (κ3) is 5.02. The number of halogens is 1. The van der Waals surface area contributed by atoms with Gasteiger partial charge in [0.1, 0.15) is 11.4 Å². The van der Waals surface area contributed by atoms with E-state index in [0.29, 0.717) is 6.54 Å². The van der Waals surface area contributed by atoms with Gasteiger partial charge in [-0.15, -0.1) is 0 Å². The first kappa shape index (κ1) is 19.7. The topological polar surface area (TPSA) is 39.7 Å². The van der Waals surface area contributed by atoms with Gasteiger partial charge in [0, 0.05) is 11.6 Å². The molecule has 0 aromatic heterocycles. The van der Waals surface area contributed by atoms with Crippen molar-refractivity contribution in [2.75, 3.05) is 30.8 Å². The third-order valence-electron chi connectivity index (χ3n) is 4.90. The number of nitrogens with one attached hydrogen (secondary N) is 2. The lowest BCUT2D eigenvalue weighted by atomic mass is 9.95. The Morgan fingerprint density at radius 1 is 1.11 bits per heavy atom. The number of unbranched alkanes of at least 4 members (excludes halogenated alkanes) is 1. The standard InChI is InChI=1S/C22H29ClN4/c1-4-5-13-27(3)16-22(2)21(24-15-17-9-8-10-18(23)14-17)25-19-11-6-7-12-20(19)26-22/h6-12,14,26H,4-5,13,15-16H2,1-3H3,(H,24,25). The average molecular weight is 385 g/mol. The van der Waals surface area contributed by atoms with Crippen molar-refractivity contribution in [2.45, 2.75) is 38.8 Å². The van der Waals surface area contributed by atoms with Gasteiger partial charge in [0.05, 0.1) is 17.9 Å². The molecule has 2 N–H and O–H groups in total. The molecular formula is C22H29ClN4. The molecule has 1 aliphatic heterocycles. The summed E-state index contributed by atoms with van der Waals surface area (Å²) in [6.07, 6.45) is 2.40. The minimum atomic E-state index is -0.282. The van der Waals surface area contributed by atoms with Gasteiger partial charge in [-0.2, -0.15) is 0 Å². The van der Waals surface area contributed by atoms with Gasteiger partial charge in [-0.3, -0.25) is 4.99 Å². The second-order valence-corrected chi connectivity index (χ2v) is 7.95. The zero-order valence-corrected chi connectivity index (χ0v) is 17.2. The van der Waals surface area contributed by atoms with E-state index in [9.17, 15) is 0 Å². The molecule has 0 fully saturated rings. The zero-order valence-electron chi connectivity index (χ0n) is 16.4. The monoisotopic (exact) mass is 384 g/mol. The number of nitrogens with zero attached hydrogens (tertiary/aromatic N) is 2. The Labute approximate surface area is 167 Å². The van der Waals surface area contributed by atoms with Crippen LogP contribution in [0.2, 0.25) is 5.02 Å². The third-order valence-corrected chi connectivity index (χ3v) is 5.14. The van der Waals surface area contributed by atoms with Crippen LogP contribution in [-0.4, -0.2) is 36.4 Å². The Balaban J connectivity index is 1.85. The molecule has 0 amide bonds. The van der Waals surface area contributed by atoms with E-state index in [1.807, 2.05) is 24.3 Å². The SMILES string of the molecule is CCCCN(C)CC1(C)Nc2ccccc2NC1=NCc1cccc(Cl)c1. The maximum Gasteiger partial charge on any atom is 0.128 e. The average Bonchev–Trinajstić information content (AvgIpc) is 2.64. The van der Waals surface area contributed by atoms with Gasteiger partial charge in [-0.25, -0.2) is 0 Å². The predicted octanol–water partition coefficient (Wildman–Crippen LogP) is 5.27. The quantitative estimate of drug-likeness (QED) is 0.683. The Bertz CT molecular complexity index is 804. The van der Waals surface area contributed by atoms with Crippen molar-refractivity contribution >= 4 is 28.8 Å². The van der Waals surface area contributed by atoms with Crippen molar-refractivity contribution in [1.29, 1.82) is 0 Å². The van der Waals surface area contributed by atoms with Crippen LogP contribution in [0.15, 0.2) is 53.5 Å². The summed E-state index contributed by atoms with van der Waals surface area (Å²) in [7, 11) is 2.18. The highest BCUT2D eigenvalue weighted by molar-refractivity contribution is 6.30. The lowest BCUT2D eigenvalue weighted by Crippen LogP contribution is -2.56. The second-order valence-electron chi connectivity index (χ2n) is 7.51. The number of hydrogen-bond donors (Lipinski definition) is 2. The lowest BCUT2D eigenvalue weighted by Gasteiger charge is -2.41. The van der Waals surface area contributed by atoms with Crippen LogP contribution in [0, 0.1) is 0 Å². The maximum absolute atomic E-state index is 6.12. The molecular weight excluding hydrogens is 356 g/mol.